The molecule has 2 aromatic rings. The highest BCUT2D eigenvalue weighted by atomic mass is 32.1. The number of hydrogen-bond donors (Lipinski definition) is 1. The van der Waals surface area contributed by atoms with Gasteiger partial charge in [-0.15, -0.1) is 11.3 Å². The summed E-state index contributed by atoms with van der Waals surface area (Å²) >= 11 is 1.19. The van der Waals surface area contributed by atoms with Crippen molar-refractivity contribution < 1.29 is 19.4 Å². The standard InChI is InChI=1S/C18H18N2O4S/c1-3-24-15(21)8-14-20-13-7-6-12(17(23)18(13)25-14)16(22)11-5-4-10(2)19-9-11/h4-5,9,22H,3,6-8H2,1-2H3/b16-12-. The summed E-state index contributed by atoms with van der Waals surface area (Å²) in [5, 5.41) is 11.0. The summed E-state index contributed by atoms with van der Waals surface area (Å²) in [5.41, 5.74) is 2.41. The molecule has 1 aliphatic rings. The molecule has 1 N–H and O–H groups in total. The number of carbonyl (C=O) groups excluding carboxylic acids is 2. The van der Waals surface area contributed by atoms with Crippen LogP contribution < -0.4 is 0 Å². The second kappa shape index (κ2) is 7.14. The molecule has 3 rings (SSSR count). The maximum absolute atomic E-state index is 12.7. The van der Waals surface area contributed by atoms with Crippen molar-refractivity contribution in [2.75, 3.05) is 6.61 Å². The number of ketones is 1. The molecule has 0 atom stereocenters. The van der Waals surface area contributed by atoms with Gasteiger partial charge in [-0.3, -0.25) is 14.6 Å². The molecule has 1 aliphatic carbocycles. The maximum Gasteiger partial charge on any atom is 0.312 e. The van der Waals surface area contributed by atoms with Crippen molar-refractivity contribution in [1.29, 1.82) is 0 Å². The van der Waals surface area contributed by atoms with Gasteiger partial charge in [0.25, 0.3) is 0 Å². The van der Waals surface area contributed by atoms with Crippen LogP contribution in [0.3, 0.4) is 0 Å². The van der Waals surface area contributed by atoms with Crippen LogP contribution in [0.5, 0.6) is 0 Å². The number of pyridine rings is 1. The molecule has 6 nitrogen and oxygen atoms in total. The fraction of sp³-hybridized carbons (Fsp3) is 0.333. The van der Waals surface area contributed by atoms with E-state index in [1.807, 2.05) is 6.92 Å². The minimum absolute atomic E-state index is 0.0384. The summed E-state index contributed by atoms with van der Waals surface area (Å²) in [6, 6.07) is 3.53. The van der Waals surface area contributed by atoms with Crippen LogP contribution in [0.2, 0.25) is 0 Å². The second-order valence-electron chi connectivity index (χ2n) is 5.71. The molecular formula is C18H18N2O4S. The van der Waals surface area contributed by atoms with E-state index < -0.39 is 0 Å². The smallest absolute Gasteiger partial charge is 0.312 e. The molecule has 0 amide bonds. The molecule has 25 heavy (non-hydrogen) atoms. The number of esters is 1. The molecule has 0 radical (unpaired) electrons. The first-order valence-corrected chi connectivity index (χ1v) is 8.85. The average molecular weight is 358 g/mol. The quantitative estimate of drug-likeness (QED) is 0.513. The van der Waals surface area contributed by atoms with E-state index in [9.17, 15) is 14.7 Å². The van der Waals surface area contributed by atoms with Crippen molar-refractivity contribution in [1.82, 2.24) is 9.97 Å². The lowest BCUT2D eigenvalue weighted by Crippen LogP contribution is -2.14. The number of fused-ring (bicyclic) bond motifs is 1. The van der Waals surface area contributed by atoms with Crippen molar-refractivity contribution >= 4 is 28.8 Å². The number of carbonyl (C=O) groups is 2. The first kappa shape index (κ1) is 17.3. The number of aliphatic hydroxyl groups is 1. The van der Waals surface area contributed by atoms with Gasteiger partial charge in [0.2, 0.25) is 5.78 Å². The monoisotopic (exact) mass is 358 g/mol. The lowest BCUT2D eigenvalue weighted by molar-refractivity contribution is -0.142. The number of thiazole rings is 1. The van der Waals surface area contributed by atoms with Crippen LogP contribution in [-0.4, -0.2) is 33.4 Å². The highest BCUT2D eigenvalue weighted by Gasteiger charge is 2.29. The Morgan fingerprint density at radius 1 is 1.36 bits per heavy atom. The van der Waals surface area contributed by atoms with Gasteiger partial charge in [0.05, 0.1) is 23.6 Å². The largest absolute Gasteiger partial charge is 0.507 e. The van der Waals surface area contributed by atoms with Gasteiger partial charge in [0, 0.05) is 23.0 Å². The molecule has 0 unspecified atom stereocenters. The van der Waals surface area contributed by atoms with Crippen LogP contribution in [-0.2, 0) is 22.4 Å². The molecule has 0 fully saturated rings. The fourth-order valence-electron chi connectivity index (χ4n) is 2.66. The summed E-state index contributed by atoms with van der Waals surface area (Å²) in [7, 11) is 0. The minimum Gasteiger partial charge on any atom is -0.507 e. The zero-order valence-electron chi connectivity index (χ0n) is 14.0. The van der Waals surface area contributed by atoms with Crippen molar-refractivity contribution in [2.24, 2.45) is 0 Å². The van der Waals surface area contributed by atoms with Crippen LogP contribution in [0.15, 0.2) is 23.9 Å². The SMILES string of the molecule is CCOC(=O)Cc1nc2c(s1)C(=O)/C(=C(\O)c1ccc(C)nc1)CC2. The molecule has 0 spiro atoms. The third kappa shape index (κ3) is 3.61. The molecule has 2 aromatic heterocycles. The Hall–Kier alpha value is -2.54. The van der Waals surface area contributed by atoms with Gasteiger partial charge in [-0.05, 0) is 38.8 Å². The third-order valence-electron chi connectivity index (χ3n) is 3.91. The van der Waals surface area contributed by atoms with Gasteiger partial charge >= 0.3 is 5.97 Å². The number of aromatic nitrogens is 2. The van der Waals surface area contributed by atoms with Crippen molar-refractivity contribution in [3.05, 3.63) is 50.7 Å². The van der Waals surface area contributed by atoms with Crippen molar-refractivity contribution in [2.45, 2.75) is 33.1 Å². The van der Waals surface area contributed by atoms with Crippen LogP contribution in [0, 0.1) is 6.92 Å². The number of Topliss-reactive ketones (excluding diaryl/α,β-unsaturated/α-hetero) is 1. The normalized spacial score (nSPS) is 15.7. The summed E-state index contributed by atoms with van der Waals surface area (Å²) in [4.78, 5) is 33.4. The zero-order chi connectivity index (χ0) is 18.0. The zero-order valence-corrected chi connectivity index (χ0v) is 14.9. The number of ether oxygens (including phenoxy) is 1. The van der Waals surface area contributed by atoms with Crippen molar-refractivity contribution in [3.63, 3.8) is 0 Å². The van der Waals surface area contributed by atoms with E-state index in [2.05, 4.69) is 9.97 Å². The van der Waals surface area contributed by atoms with E-state index in [-0.39, 0.29) is 23.9 Å². The van der Waals surface area contributed by atoms with E-state index in [4.69, 9.17) is 4.74 Å². The van der Waals surface area contributed by atoms with Gasteiger partial charge in [0.1, 0.15) is 10.8 Å². The Balaban J connectivity index is 1.88. The van der Waals surface area contributed by atoms with E-state index in [1.54, 1.807) is 25.3 Å². The first-order valence-electron chi connectivity index (χ1n) is 8.03. The number of rotatable bonds is 4. The number of hydrogen-bond acceptors (Lipinski definition) is 7. The Bertz CT molecular complexity index is 852. The summed E-state index contributed by atoms with van der Waals surface area (Å²) in [6.45, 7) is 3.91. The molecule has 0 bridgehead atoms. The first-order chi connectivity index (χ1) is 12.0. The molecular weight excluding hydrogens is 340 g/mol. The van der Waals surface area contributed by atoms with Crippen molar-refractivity contribution in [3.8, 4) is 0 Å². The topological polar surface area (TPSA) is 89.4 Å². The minimum atomic E-state index is -0.356. The Morgan fingerprint density at radius 3 is 2.84 bits per heavy atom. The Kier molecular flexibility index (Phi) is 4.94. The number of nitrogens with zero attached hydrogens (tertiary/aromatic N) is 2. The summed E-state index contributed by atoms with van der Waals surface area (Å²) in [6.07, 6.45) is 2.58. The highest BCUT2D eigenvalue weighted by Crippen LogP contribution is 2.33. The molecule has 130 valence electrons. The molecule has 2 heterocycles. The lowest BCUT2D eigenvalue weighted by Gasteiger charge is -2.14. The van der Waals surface area contributed by atoms with E-state index >= 15 is 0 Å². The summed E-state index contributed by atoms with van der Waals surface area (Å²) in [5.74, 6) is -0.624. The lowest BCUT2D eigenvalue weighted by atomic mass is 9.93. The van der Waals surface area contributed by atoms with Gasteiger partial charge in [-0.1, -0.05) is 0 Å². The Labute approximate surface area is 149 Å². The molecule has 0 aliphatic heterocycles. The van der Waals surface area contributed by atoms with Gasteiger partial charge in [-0.25, -0.2) is 4.98 Å². The van der Waals surface area contributed by atoms with E-state index in [1.165, 1.54) is 11.3 Å². The van der Waals surface area contributed by atoms with Crippen LogP contribution in [0.25, 0.3) is 5.76 Å². The highest BCUT2D eigenvalue weighted by molar-refractivity contribution is 7.14. The maximum atomic E-state index is 12.7. The van der Waals surface area contributed by atoms with Crippen LogP contribution >= 0.6 is 11.3 Å². The Morgan fingerprint density at radius 2 is 2.16 bits per heavy atom. The number of aliphatic hydroxyl groups excluding tert-OH is 1. The molecule has 0 saturated carbocycles. The van der Waals surface area contributed by atoms with Gasteiger partial charge < -0.3 is 9.84 Å². The fourth-order valence-corrected chi connectivity index (χ4v) is 3.72. The second-order valence-corrected chi connectivity index (χ2v) is 6.79. The van der Waals surface area contributed by atoms with Gasteiger partial charge in [0.15, 0.2) is 0 Å². The molecule has 0 saturated heterocycles. The predicted molar refractivity (Wildman–Crippen MR) is 93.6 cm³/mol. The van der Waals surface area contributed by atoms with Crippen LogP contribution in [0.1, 0.15) is 45.0 Å². The number of allylic oxidation sites excluding steroid dienone is 1. The van der Waals surface area contributed by atoms with Crippen LogP contribution in [0.4, 0.5) is 0 Å². The predicted octanol–water partition coefficient (Wildman–Crippen LogP) is 3.05. The van der Waals surface area contributed by atoms with E-state index in [0.29, 0.717) is 46.2 Å². The van der Waals surface area contributed by atoms with Gasteiger partial charge in [-0.2, -0.15) is 0 Å². The average Bonchev–Trinajstić information content (AvgIpc) is 2.99. The third-order valence-corrected chi connectivity index (χ3v) is 5.00. The van der Waals surface area contributed by atoms with E-state index in [0.717, 1.165) is 5.69 Å². The number of aryl methyl sites for hydroxylation is 2. The summed E-state index contributed by atoms with van der Waals surface area (Å²) < 4.78 is 4.92. The molecule has 7 heteroatoms. The molecule has 0 aromatic carbocycles.